The predicted octanol–water partition coefficient (Wildman–Crippen LogP) is 5.96. The zero-order valence-corrected chi connectivity index (χ0v) is 27.2. The Morgan fingerprint density at radius 2 is 1.47 bits per heavy atom. The molecule has 1 N–H and O–H groups in total. The first-order valence-electron chi connectivity index (χ1n) is 14.7. The average molecular weight is 648 g/mol. The standard InChI is InChI=1S/C35H38ClN3O5S/c1-26(2)23-37-35(41)33(21-27-11-6-4-7-12-27)38(24-28-13-8-5-9-14-28)34(40)25-39(30-16-10-15-29(36)22-30)45(42,43)32-19-17-31(44-3)18-20-32/h4-20,22,26,33H,21,23-25H2,1-3H3,(H,37,41). The molecule has 1 unspecified atom stereocenters. The van der Waals surface area contributed by atoms with Gasteiger partial charge in [-0.15, -0.1) is 0 Å². The molecule has 0 heterocycles. The first-order valence-corrected chi connectivity index (χ1v) is 16.5. The molecule has 8 nitrogen and oxygen atoms in total. The van der Waals surface area contributed by atoms with E-state index < -0.39 is 28.5 Å². The third-order valence-electron chi connectivity index (χ3n) is 7.17. The second-order valence-electron chi connectivity index (χ2n) is 11.0. The van der Waals surface area contributed by atoms with E-state index >= 15 is 0 Å². The van der Waals surface area contributed by atoms with Gasteiger partial charge in [-0.3, -0.25) is 13.9 Å². The minimum absolute atomic E-state index is 0.0267. The highest BCUT2D eigenvalue weighted by Gasteiger charge is 2.34. The van der Waals surface area contributed by atoms with E-state index in [4.69, 9.17) is 16.3 Å². The van der Waals surface area contributed by atoms with E-state index in [0.717, 1.165) is 15.4 Å². The van der Waals surface area contributed by atoms with Gasteiger partial charge in [-0.05, 0) is 59.5 Å². The molecule has 0 fully saturated rings. The molecule has 0 aliphatic carbocycles. The summed E-state index contributed by atoms with van der Waals surface area (Å²) >= 11 is 6.29. The topological polar surface area (TPSA) is 96.0 Å². The lowest BCUT2D eigenvalue weighted by Gasteiger charge is -2.34. The maximum atomic E-state index is 14.5. The van der Waals surface area contributed by atoms with E-state index in [1.54, 1.807) is 30.3 Å². The highest BCUT2D eigenvalue weighted by molar-refractivity contribution is 7.92. The number of methoxy groups -OCH3 is 1. The van der Waals surface area contributed by atoms with Crippen molar-refractivity contribution in [2.45, 2.75) is 37.8 Å². The summed E-state index contributed by atoms with van der Waals surface area (Å²) in [5, 5.41) is 3.30. The van der Waals surface area contributed by atoms with Gasteiger partial charge in [-0.25, -0.2) is 8.42 Å². The lowest BCUT2D eigenvalue weighted by atomic mass is 10.0. The molecule has 0 saturated heterocycles. The van der Waals surface area contributed by atoms with Crippen molar-refractivity contribution in [2.24, 2.45) is 5.92 Å². The van der Waals surface area contributed by atoms with Gasteiger partial charge in [-0.2, -0.15) is 0 Å². The Balaban J connectivity index is 1.78. The fourth-order valence-electron chi connectivity index (χ4n) is 4.79. The van der Waals surface area contributed by atoms with Crippen molar-refractivity contribution >= 4 is 39.1 Å². The lowest BCUT2D eigenvalue weighted by Crippen LogP contribution is -2.53. The third-order valence-corrected chi connectivity index (χ3v) is 9.20. The smallest absolute Gasteiger partial charge is 0.264 e. The Morgan fingerprint density at radius 1 is 0.844 bits per heavy atom. The van der Waals surface area contributed by atoms with Crippen molar-refractivity contribution in [3.8, 4) is 5.75 Å². The molecular formula is C35H38ClN3O5S. The van der Waals surface area contributed by atoms with Crippen molar-refractivity contribution in [1.29, 1.82) is 0 Å². The number of amides is 2. The van der Waals surface area contributed by atoms with E-state index in [0.29, 0.717) is 17.3 Å². The van der Waals surface area contributed by atoms with E-state index in [2.05, 4.69) is 5.32 Å². The second kappa shape index (κ2) is 15.6. The van der Waals surface area contributed by atoms with Crippen LogP contribution in [0.5, 0.6) is 5.75 Å². The largest absolute Gasteiger partial charge is 0.497 e. The second-order valence-corrected chi connectivity index (χ2v) is 13.3. The first kappa shape index (κ1) is 33.6. The number of hydrogen-bond acceptors (Lipinski definition) is 5. The fraction of sp³-hybridized carbons (Fsp3) is 0.257. The molecule has 0 aromatic heterocycles. The predicted molar refractivity (Wildman–Crippen MR) is 178 cm³/mol. The monoisotopic (exact) mass is 647 g/mol. The molecule has 0 radical (unpaired) electrons. The number of halogens is 1. The van der Waals surface area contributed by atoms with Crippen molar-refractivity contribution in [1.82, 2.24) is 10.2 Å². The molecule has 4 aromatic rings. The van der Waals surface area contributed by atoms with Gasteiger partial charge < -0.3 is 15.0 Å². The van der Waals surface area contributed by atoms with Crippen molar-refractivity contribution in [3.63, 3.8) is 0 Å². The van der Waals surface area contributed by atoms with Crippen molar-refractivity contribution in [2.75, 3.05) is 24.5 Å². The van der Waals surface area contributed by atoms with E-state index in [9.17, 15) is 18.0 Å². The van der Waals surface area contributed by atoms with Gasteiger partial charge in [0.25, 0.3) is 10.0 Å². The van der Waals surface area contributed by atoms with Crippen LogP contribution in [0.2, 0.25) is 5.02 Å². The van der Waals surface area contributed by atoms with E-state index in [1.165, 1.54) is 30.2 Å². The summed E-state index contributed by atoms with van der Waals surface area (Å²) in [5.41, 5.74) is 1.88. The third kappa shape index (κ3) is 9.09. The van der Waals surface area contributed by atoms with Gasteiger partial charge in [0.1, 0.15) is 18.3 Å². The number of ether oxygens (including phenoxy) is 1. The number of nitrogens with one attached hydrogen (secondary N) is 1. The number of carbonyl (C=O) groups excluding carboxylic acids is 2. The number of anilines is 1. The Hall–Kier alpha value is -4.34. The van der Waals surface area contributed by atoms with Crippen LogP contribution in [0, 0.1) is 5.92 Å². The SMILES string of the molecule is COc1ccc(S(=O)(=O)N(CC(=O)N(Cc2ccccc2)C(Cc2ccccc2)C(=O)NCC(C)C)c2cccc(Cl)c2)cc1. The van der Waals surface area contributed by atoms with Crippen LogP contribution in [-0.4, -0.2) is 51.4 Å². The van der Waals surface area contributed by atoms with Crippen LogP contribution in [0.4, 0.5) is 5.69 Å². The fourth-order valence-corrected chi connectivity index (χ4v) is 6.38. The van der Waals surface area contributed by atoms with Crippen LogP contribution in [-0.2, 0) is 32.6 Å². The zero-order chi connectivity index (χ0) is 32.4. The first-order chi connectivity index (χ1) is 21.6. The number of nitrogens with zero attached hydrogens (tertiary/aromatic N) is 2. The molecule has 236 valence electrons. The molecular weight excluding hydrogens is 610 g/mol. The molecule has 1 atom stereocenters. The van der Waals surface area contributed by atoms with E-state index in [-0.39, 0.29) is 35.4 Å². The van der Waals surface area contributed by atoms with Gasteiger partial charge in [0.15, 0.2) is 0 Å². The summed E-state index contributed by atoms with van der Waals surface area (Å²) in [6.45, 7) is 3.94. The number of benzene rings is 4. The van der Waals surface area contributed by atoms with Crippen LogP contribution in [0.25, 0.3) is 0 Å². The summed E-state index contributed by atoms with van der Waals surface area (Å²) in [6, 6.07) is 30.1. The summed E-state index contributed by atoms with van der Waals surface area (Å²) in [4.78, 5) is 29.7. The van der Waals surface area contributed by atoms with Gasteiger partial charge >= 0.3 is 0 Å². The minimum atomic E-state index is -4.25. The molecule has 0 bridgehead atoms. The zero-order valence-electron chi connectivity index (χ0n) is 25.6. The molecule has 0 saturated carbocycles. The Kier molecular flexibility index (Phi) is 11.6. The molecule has 45 heavy (non-hydrogen) atoms. The number of sulfonamides is 1. The van der Waals surface area contributed by atoms with Crippen LogP contribution < -0.4 is 14.4 Å². The maximum Gasteiger partial charge on any atom is 0.264 e. The van der Waals surface area contributed by atoms with Gasteiger partial charge in [-0.1, -0.05) is 92.2 Å². The molecule has 4 rings (SSSR count). The minimum Gasteiger partial charge on any atom is -0.497 e. The van der Waals surface area contributed by atoms with Crippen LogP contribution in [0.1, 0.15) is 25.0 Å². The number of hydrogen-bond donors (Lipinski definition) is 1. The van der Waals surface area contributed by atoms with Gasteiger partial charge in [0.05, 0.1) is 17.7 Å². The Morgan fingerprint density at radius 3 is 2.04 bits per heavy atom. The summed E-state index contributed by atoms with van der Waals surface area (Å²) in [6.07, 6.45) is 0.242. The van der Waals surface area contributed by atoms with Gasteiger partial charge in [0.2, 0.25) is 11.8 Å². The quantitative estimate of drug-likeness (QED) is 0.182. The van der Waals surface area contributed by atoms with Crippen LogP contribution in [0.15, 0.2) is 114 Å². The molecule has 0 aliphatic heterocycles. The normalized spacial score (nSPS) is 11.9. The van der Waals surface area contributed by atoms with Gasteiger partial charge in [0, 0.05) is 24.5 Å². The van der Waals surface area contributed by atoms with Crippen molar-refractivity contribution < 1.29 is 22.7 Å². The lowest BCUT2D eigenvalue weighted by molar-refractivity contribution is -0.140. The van der Waals surface area contributed by atoms with E-state index in [1.807, 2.05) is 74.5 Å². The molecule has 10 heteroatoms. The molecule has 4 aromatic carbocycles. The molecule has 2 amide bonds. The van der Waals surface area contributed by atoms with Crippen LogP contribution >= 0.6 is 11.6 Å². The number of carbonyl (C=O) groups is 2. The Bertz CT molecular complexity index is 1670. The van der Waals surface area contributed by atoms with Crippen LogP contribution in [0.3, 0.4) is 0 Å². The Labute approximate surface area is 270 Å². The summed E-state index contributed by atoms with van der Waals surface area (Å²) < 4.78 is 34.5. The molecule has 0 spiro atoms. The highest BCUT2D eigenvalue weighted by Crippen LogP contribution is 2.28. The van der Waals surface area contributed by atoms with Crippen molar-refractivity contribution in [3.05, 3.63) is 125 Å². The summed E-state index contributed by atoms with van der Waals surface area (Å²) in [7, 11) is -2.76. The summed E-state index contributed by atoms with van der Waals surface area (Å²) in [5.74, 6) is -0.178. The maximum absolute atomic E-state index is 14.5. The average Bonchev–Trinajstić information content (AvgIpc) is 3.04. The highest BCUT2D eigenvalue weighted by atomic mass is 35.5. The molecule has 0 aliphatic rings. The number of rotatable bonds is 14.